The first kappa shape index (κ1) is 18.3. The number of amidine groups is 1. The number of ether oxygens (including phenoxy) is 1. The maximum absolute atomic E-state index is 10.6. The molecule has 2 N–H and O–H groups in total. The molecule has 0 radical (unpaired) electrons. The highest BCUT2D eigenvalue weighted by atomic mass is 32.1. The molecule has 1 aromatic heterocycles. The molecule has 0 saturated heterocycles. The van der Waals surface area contributed by atoms with Crippen LogP contribution < -0.4 is 9.64 Å². The zero-order valence-corrected chi connectivity index (χ0v) is 16.8. The van der Waals surface area contributed by atoms with Crippen LogP contribution in [0.25, 0.3) is 16.8 Å². The van der Waals surface area contributed by atoms with Crippen LogP contribution in [0.3, 0.4) is 0 Å². The lowest BCUT2D eigenvalue weighted by atomic mass is 10.1. The van der Waals surface area contributed by atoms with Gasteiger partial charge in [-0.05, 0) is 43.2 Å². The first-order valence-electron chi connectivity index (χ1n) is 8.94. The van der Waals surface area contributed by atoms with E-state index < -0.39 is 0 Å². The summed E-state index contributed by atoms with van der Waals surface area (Å²) in [5.41, 5.74) is 5.58. The molecule has 2 aromatic carbocycles. The Balaban J connectivity index is 1.66. The van der Waals surface area contributed by atoms with Crippen LogP contribution in [0.2, 0.25) is 0 Å². The number of aromatic nitrogens is 1. The van der Waals surface area contributed by atoms with Gasteiger partial charge in [0.2, 0.25) is 0 Å². The smallest absolute Gasteiger partial charge is 0.142 e. The van der Waals surface area contributed by atoms with E-state index in [4.69, 9.17) is 15.1 Å². The fraction of sp³-hybridized carbons (Fsp3) is 0.182. The van der Waals surface area contributed by atoms with E-state index in [0.717, 1.165) is 16.9 Å². The SMILES string of the molecule is COc1ccccc1N1CC(O)=C(c2nc(-c3ccc(C)c(C)c3)cs2)C1=N. The molecule has 1 aliphatic rings. The standard InChI is InChI=1S/C22H21N3O2S/c1-13-8-9-15(10-14(13)2)16-12-28-22(24-16)20-18(26)11-25(21(20)23)17-6-4-5-7-19(17)27-3/h4-10,12,23,26H,11H2,1-3H3. The molecule has 0 unspecified atom stereocenters. The van der Waals surface area contributed by atoms with Gasteiger partial charge in [-0.3, -0.25) is 5.41 Å². The number of aryl methyl sites for hydroxylation is 2. The van der Waals surface area contributed by atoms with Crippen LogP contribution in [0, 0.1) is 19.3 Å². The molecule has 0 atom stereocenters. The van der Waals surface area contributed by atoms with Gasteiger partial charge in [0.05, 0.1) is 30.6 Å². The fourth-order valence-electron chi connectivity index (χ4n) is 3.28. The molecule has 28 heavy (non-hydrogen) atoms. The Morgan fingerprint density at radius 1 is 1.14 bits per heavy atom. The summed E-state index contributed by atoms with van der Waals surface area (Å²) in [5.74, 6) is 1.04. The van der Waals surface area contributed by atoms with Crippen LogP contribution in [0.1, 0.15) is 16.1 Å². The van der Waals surface area contributed by atoms with Gasteiger partial charge in [0.25, 0.3) is 0 Å². The molecule has 6 heteroatoms. The summed E-state index contributed by atoms with van der Waals surface area (Å²) in [6, 6.07) is 13.8. The molecule has 0 saturated carbocycles. The second-order valence-electron chi connectivity index (χ2n) is 6.77. The molecule has 0 amide bonds. The quantitative estimate of drug-likeness (QED) is 0.641. The van der Waals surface area contributed by atoms with Crippen molar-refractivity contribution in [2.45, 2.75) is 13.8 Å². The molecular formula is C22H21N3O2S. The monoisotopic (exact) mass is 391 g/mol. The van der Waals surface area contributed by atoms with Gasteiger partial charge in [-0.25, -0.2) is 4.98 Å². The molecule has 0 bridgehead atoms. The minimum Gasteiger partial charge on any atom is -0.510 e. The number of anilines is 1. The summed E-state index contributed by atoms with van der Waals surface area (Å²) in [7, 11) is 1.60. The van der Waals surface area contributed by atoms with Crippen molar-refractivity contribution >= 4 is 28.4 Å². The van der Waals surface area contributed by atoms with Crippen molar-refractivity contribution < 1.29 is 9.84 Å². The first-order chi connectivity index (χ1) is 13.5. The highest BCUT2D eigenvalue weighted by Crippen LogP contribution is 2.37. The first-order valence-corrected chi connectivity index (χ1v) is 9.82. The Labute approximate surface area is 168 Å². The number of thiazole rings is 1. The Morgan fingerprint density at radius 2 is 1.93 bits per heavy atom. The van der Waals surface area contributed by atoms with Gasteiger partial charge in [-0.2, -0.15) is 0 Å². The predicted octanol–water partition coefficient (Wildman–Crippen LogP) is 5.20. The van der Waals surface area contributed by atoms with Crippen LogP contribution in [0.5, 0.6) is 5.75 Å². The Bertz CT molecular complexity index is 1100. The van der Waals surface area contributed by atoms with Gasteiger partial charge < -0.3 is 14.7 Å². The molecular weight excluding hydrogens is 370 g/mol. The van der Waals surface area contributed by atoms with Gasteiger partial charge >= 0.3 is 0 Å². The third-order valence-corrected chi connectivity index (χ3v) is 5.86. The van der Waals surface area contributed by atoms with Crippen molar-refractivity contribution in [2.75, 3.05) is 18.6 Å². The zero-order chi connectivity index (χ0) is 19.8. The normalized spacial score (nSPS) is 14.1. The van der Waals surface area contributed by atoms with E-state index >= 15 is 0 Å². The number of nitrogens with one attached hydrogen (secondary N) is 1. The predicted molar refractivity (Wildman–Crippen MR) is 115 cm³/mol. The van der Waals surface area contributed by atoms with E-state index in [2.05, 4.69) is 32.0 Å². The topological polar surface area (TPSA) is 69.4 Å². The number of hydrogen-bond donors (Lipinski definition) is 2. The average molecular weight is 391 g/mol. The minimum absolute atomic E-state index is 0.150. The minimum atomic E-state index is 0.150. The number of nitrogens with zero attached hydrogens (tertiary/aromatic N) is 2. The Kier molecular flexibility index (Phi) is 4.65. The van der Waals surface area contributed by atoms with Gasteiger partial charge in [0, 0.05) is 10.9 Å². The maximum atomic E-state index is 10.6. The summed E-state index contributed by atoms with van der Waals surface area (Å²) >= 11 is 1.44. The second kappa shape index (κ2) is 7.13. The fourth-order valence-corrected chi connectivity index (χ4v) is 4.18. The number of aliphatic hydroxyl groups excluding tert-OH is 1. The molecule has 5 nitrogen and oxygen atoms in total. The lowest BCUT2D eigenvalue weighted by Crippen LogP contribution is -2.26. The van der Waals surface area contributed by atoms with Crippen LogP contribution >= 0.6 is 11.3 Å². The van der Waals surface area contributed by atoms with E-state index in [0.29, 0.717) is 16.3 Å². The molecule has 0 spiro atoms. The second-order valence-corrected chi connectivity index (χ2v) is 7.62. The van der Waals surface area contributed by atoms with Gasteiger partial charge in [-0.15, -0.1) is 11.3 Å². The summed E-state index contributed by atoms with van der Waals surface area (Å²) in [4.78, 5) is 6.44. The van der Waals surface area contributed by atoms with E-state index in [-0.39, 0.29) is 18.1 Å². The molecule has 3 aromatic rings. The van der Waals surface area contributed by atoms with Crippen LogP contribution in [-0.4, -0.2) is 29.6 Å². The highest BCUT2D eigenvalue weighted by Gasteiger charge is 2.32. The average Bonchev–Trinajstić information content (AvgIpc) is 3.28. The number of hydrogen-bond acceptors (Lipinski definition) is 5. The van der Waals surface area contributed by atoms with E-state index in [1.807, 2.05) is 29.6 Å². The number of aliphatic hydroxyl groups is 1. The third-order valence-electron chi connectivity index (χ3n) is 5.00. The molecule has 4 rings (SSSR count). The van der Waals surface area contributed by atoms with E-state index in [1.165, 1.54) is 22.5 Å². The number of benzene rings is 2. The van der Waals surface area contributed by atoms with Gasteiger partial charge in [-0.1, -0.05) is 24.3 Å². The molecule has 142 valence electrons. The summed E-state index contributed by atoms with van der Waals surface area (Å²) in [6.07, 6.45) is 0. The van der Waals surface area contributed by atoms with Crippen LogP contribution in [0.4, 0.5) is 5.69 Å². The van der Waals surface area contributed by atoms with Gasteiger partial charge in [0.15, 0.2) is 0 Å². The van der Waals surface area contributed by atoms with Crippen molar-refractivity contribution in [1.82, 2.24) is 4.98 Å². The zero-order valence-electron chi connectivity index (χ0n) is 16.0. The maximum Gasteiger partial charge on any atom is 0.142 e. The number of para-hydroxylation sites is 2. The van der Waals surface area contributed by atoms with Crippen molar-refractivity contribution in [3.63, 3.8) is 0 Å². The van der Waals surface area contributed by atoms with Crippen LogP contribution in [-0.2, 0) is 0 Å². The van der Waals surface area contributed by atoms with E-state index in [9.17, 15) is 5.11 Å². The summed E-state index contributed by atoms with van der Waals surface area (Å²) < 4.78 is 5.41. The summed E-state index contributed by atoms with van der Waals surface area (Å²) in [5, 5.41) is 21.8. The number of rotatable bonds is 4. The molecule has 2 heterocycles. The van der Waals surface area contributed by atoms with Crippen molar-refractivity contribution in [3.05, 3.63) is 69.7 Å². The lowest BCUT2D eigenvalue weighted by Gasteiger charge is -2.21. The van der Waals surface area contributed by atoms with Crippen molar-refractivity contribution in [1.29, 1.82) is 5.41 Å². The van der Waals surface area contributed by atoms with Crippen LogP contribution in [0.15, 0.2) is 53.6 Å². The number of methoxy groups -OCH3 is 1. The lowest BCUT2D eigenvalue weighted by molar-refractivity contribution is 0.407. The molecule has 0 aliphatic carbocycles. The molecule has 0 fully saturated rings. The molecule has 1 aliphatic heterocycles. The van der Waals surface area contributed by atoms with Crippen molar-refractivity contribution in [2.24, 2.45) is 0 Å². The third kappa shape index (κ3) is 3.05. The Hall–Kier alpha value is -3.12. The van der Waals surface area contributed by atoms with Gasteiger partial charge in [0.1, 0.15) is 22.4 Å². The van der Waals surface area contributed by atoms with E-state index in [1.54, 1.807) is 12.0 Å². The summed E-state index contributed by atoms with van der Waals surface area (Å²) in [6.45, 7) is 4.39. The Morgan fingerprint density at radius 3 is 2.68 bits per heavy atom. The van der Waals surface area contributed by atoms with Crippen molar-refractivity contribution in [3.8, 4) is 17.0 Å². The highest BCUT2D eigenvalue weighted by molar-refractivity contribution is 7.11. The largest absolute Gasteiger partial charge is 0.510 e.